The second-order valence-electron chi connectivity index (χ2n) is 4.34. The Bertz CT molecular complexity index is 711. The minimum absolute atomic E-state index is 0.122. The van der Waals surface area contributed by atoms with Crippen molar-refractivity contribution in [3.63, 3.8) is 0 Å². The highest BCUT2D eigenvalue weighted by atomic mass is 16.5. The maximum absolute atomic E-state index is 12.0. The summed E-state index contributed by atoms with van der Waals surface area (Å²) < 4.78 is 11.5. The van der Waals surface area contributed by atoms with E-state index in [1.807, 2.05) is 6.07 Å². The number of nitriles is 1. The van der Waals surface area contributed by atoms with Crippen molar-refractivity contribution in [1.82, 2.24) is 14.7 Å². The number of nitrogens with zero attached hydrogens (tertiary/aromatic N) is 4. The molecule has 2 aromatic heterocycles. The van der Waals surface area contributed by atoms with Crippen molar-refractivity contribution < 1.29 is 9.26 Å². The van der Waals surface area contributed by atoms with Gasteiger partial charge in [-0.2, -0.15) is 10.2 Å². The van der Waals surface area contributed by atoms with E-state index in [0.29, 0.717) is 17.3 Å². The number of hydrogen-bond acceptors (Lipinski definition) is 6. The van der Waals surface area contributed by atoms with Crippen molar-refractivity contribution in [2.24, 2.45) is 0 Å². The normalized spacial score (nSPS) is 12.1. The molecule has 7 nitrogen and oxygen atoms in total. The molecule has 104 valence electrons. The van der Waals surface area contributed by atoms with E-state index in [0.717, 1.165) is 0 Å². The van der Waals surface area contributed by atoms with Crippen molar-refractivity contribution in [1.29, 1.82) is 5.26 Å². The molecule has 0 aliphatic rings. The quantitative estimate of drug-likeness (QED) is 0.830. The van der Waals surface area contributed by atoms with Gasteiger partial charge in [0.2, 0.25) is 5.89 Å². The molecular formula is C13H14N4O3. The van der Waals surface area contributed by atoms with Crippen molar-refractivity contribution in [3.8, 4) is 6.07 Å². The molecule has 0 aliphatic heterocycles. The van der Waals surface area contributed by atoms with Gasteiger partial charge >= 0.3 is 0 Å². The molecule has 1 atom stereocenters. The van der Waals surface area contributed by atoms with E-state index < -0.39 is 0 Å². The van der Waals surface area contributed by atoms with Crippen LogP contribution in [0.5, 0.6) is 0 Å². The van der Waals surface area contributed by atoms with Crippen LogP contribution in [0.15, 0.2) is 21.6 Å². The van der Waals surface area contributed by atoms with Gasteiger partial charge in [0.25, 0.3) is 5.56 Å². The van der Waals surface area contributed by atoms with Crippen LogP contribution in [-0.4, -0.2) is 21.8 Å². The molecule has 0 aromatic carbocycles. The summed E-state index contributed by atoms with van der Waals surface area (Å²) in [4.78, 5) is 16.2. The lowest BCUT2D eigenvalue weighted by Crippen LogP contribution is -2.23. The van der Waals surface area contributed by atoms with Crippen LogP contribution in [-0.2, 0) is 11.3 Å². The van der Waals surface area contributed by atoms with Crippen molar-refractivity contribution >= 4 is 0 Å². The smallest absolute Gasteiger partial charge is 0.269 e. The second-order valence-corrected chi connectivity index (χ2v) is 4.34. The highest BCUT2D eigenvalue weighted by Crippen LogP contribution is 2.12. The lowest BCUT2D eigenvalue weighted by molar-refractivity contribution is 0.109. The van der Waals surface area contributed by atoms with Gasteiger partial charge in [-0.1, -0.05) is 5.16 Å². The van der Waals surface area contributed by atoms with Gasteiger partial charge < -0.3 is 13.8 Å². The van der Waals surface area contributed by atoms with Gasteiger partial charge in [-0.15, -0.1) is 0 Å². The van der Waals surface area contributed by atoms with Crippen LogP contribution in [0, 0.1) is 18.3 Å². The monoisotopic (exact) mass is 274 g/mol. The first-order chi connectivity index (χ1) is 9.56. The standard InChI is InChI=1S/C13H14N4O3/c1-8-4-5-17(13(18)10(8)6-14)7-11-15-12(16-20-11)9(2)19-3/h4-5,9H,7H2,1-3H3. The predicted octanol–water partition coefficient (Wildman–Crippen LogP) is 1.17. The van der Waals surface area contributed by atoms with Gasteiger partial charge in [0.15, 0.2) is 5.82 Å². The summed E-state index contributed by atoms with van der Waals surface area (Å²) in [7, 11) is 1.55. The average Bonchev–Trinajstić information content (AvgIpc) is 2.90. The lowest BCUT2D eigenvalue weighted by atomic mass is 10.2. The SMILES string of the molecule is COC(C)c1noc(Cn2ccc(C)c(C#N)c2=O)n1. The van der Waals surface area contributed by atoms with Crippen molar-refractivity contribution in [3.05, 3.63) is 45.5 Å². The molecule has 0 saturated carbocycles. The van der Waals surface area contributed by atoms with Gasteiger partial charge in [-0.25, -0.2) is 0 Å². The third kappa shape index (κ3) is 2.60. The zero-order valence-electron chi connectivity index (χ0n) is 11.5. The van der Waals surface area contributed by atoms with Crippen LogP contribution in [0.4, 0.5) is 0 Å². The Morgan fingerprint density at radius 2 is 2.35 bits per heavy atom. The van der Waals surface area contributed by atoms with Gasteiger partial charge in [0.05, 0.1) is 0 Å². The average molecular weight is 274 g/mol. The third-order valence-corrected chi connectivity index (χ3v) is 2.99. The summed E-state index contributed by atoms with van der Waals surface area (Å²) in [6.07, 6.45) is 1.32. The molecule has 1 unspecified atom stereocenters. The van der Waals surface area contributed by atoms with Gasteiger partial charge in [0, 0.05) is 13.3 Å². The fraction of sp³-hybridized carbons (Fsp3) is 0.385. The summed E-state index contributed by atoms with van der Waals surface area (Å²) in [6, 6.07) is 3.61. The third-order valence-electron chi connectivity index (χ3n) is 2.99. The van der Waals surface area contributed by atoms with E-state index in [1.54, 1.807) is 33.2 Å². The van der Waals surface area contributed by atoms with Gasteiger partial charge in [0.1, 0.15) is 24.3 Å². The summed E-state index contributed by atoms with van der Waals surface area (Å²) in [6.45, 7) is 3.63. The van der Waals surface area contributed by atoms with Gasteiger partial charge in [-0.3, -0.25) is 4.79 Å². The fourth-order valence-corrected chi connectivity index (χ4v) is 1.67. The zero-order valence-corrected chi connectivity index (χ0v) is 11.5. The summed E-state index contributed by atoms with van der Waals surface area (Å²) >= 11 is 0. The maximum Gasteiger partial charge on any atom is 0.269 e. The van der Waals surface area contributed by atoms with E-state index in [9.17, 15) is 4.79 Å². The Kier molecular flexibility index (Phi) is 3.96. The molecule has 0 fully saturated rings. The molecule has 2 rings (SSSR count). The first kappa shape index (κ1) is 14.0. The van der Waals surface area contributed by atoms with E-state index >= 15 is 0 Å². The zero-order chi connectivity index (χ0) is 14.7. The maximum atomic E-state index is 12.0. The Balaban J connectivity index is 2.30. The van der Waals surface area contributed by atoms with Crippen LogP contribution < -0.4 is 5.56 Å². The molecule has 0 spiro atoms. The number of pyridine rings is 1. The molecule has 0 saturated heterocycles. The molecule has 2 heterocycles. The van der Waals surface area contributed by atoms with Crippen LogP contribution in [0.2, 0.25) is 0 Å². The Morgan fingerprint density at radius 3 is 3.00 bits per heavy atom. The summed E-state index contributed by atoms with van der Waals surface area (Å²) in [5.74, 6) is 0.710. The topological polar surface area (TPSA) is 93.9 Å². The van der Waals surface area contributed by atoms with Crippen molar-refractivity contribution in [2.45, 2.75) is 26.5 Å². The van der Waals surface area contributed by atoms with Crippen LogP contribution in [0.3, 0.4) is 0 Å². The predicted molar refractivity (Wildman–Crippen MR) is 69.0 cm³/mol. The summed E-state index contributed by atoms with van der Waals surface area (Å²) in [5.41, 5.74) is 0.400. The minimum atomic E-state index is -0.368. The van der Waals surface area contributed by atoms with Crippen LogP contribution in [0.1, 0.15) is 35.9 Å². The van der Waals surface area contributed by atoms with Crippen LogP contribution >= 0.6 is 0 Å². The number of methoxy groups -OCH3 is 1. The van der Waals surface area contributed by atoms with E-state index in [1.165, 1.54) is 4.57 Å². The summed E-state index contributed by atoms with van der Waals surface area (Å²) in [5, 5.41) is 12.7. The number of ether oxygens (including phenoxy) is 1. The first-order valence-corrected chi connectivity index (χ1v) is 6.02. The van der Waals surface area contributed by atoms with Gasteiger partial charge in [-0.05, 0) is 25.5 Å². The molecule has 7 heteroatoms. The fourth-order valence-electron chi connectivity index (χ4n) is 1.67. The Morgan fingerprint density at radius 1 is 1.60 bits per heavy atom. The molecule has 0 aliphatic carbocycles. The second kappa shape index (κ2) is 5.67. The van der Waals surface area contributed by atoms with E-state index in [2.05, 4.69) is 10.1 Å². The largest absolute Gasteiger partial charge is 0.374 e. The number of hydrogen-bond donors (Lipinski definition) is 0. The number of aromatic nitrogens is 3. The molecule has 0 N–H and O–H groups in total. The Hall–Kier alpha value is -2.46. The minimum Gasteiger partial charge on any atom is -0.374 e. The lowest BCUT2D eigenvalue weighted by Gasteiger charge is -2.04. The molecule has 2 aromatic rings. The molecule has 0 bridgehead atoms. The molecular weight excluding hydrogens is 260 g/mol. The van der Waals surface area contributed by atoms with E-state index in [4.69, 9.17) is 14.5 Å². The number of aryl methyl sites for hydroxylation is 1. The number of rotatable bonds is 4. The van der Waals surface area contributed by atoms with E-state index in [-0.39, 0.29) is 23.8 Å². The molecule has 0 radical (unpaired) electrons. The highest BCUT2D eigenvalue weighted by Gasteiger charge is 2.14. The molecule has 0 amide bonds. The van der Waals surface area contributed by atoms with Crippen molar-refractivity contribution in [2.75, 3.05) is 7.11 Å². The Labute approximate surface area is 115 Å². The van der Waals surface area contributed by atoms with Crippen LogP contribution in [0.25, 0.3) is 0 Å². The first-order valence-electron chi connectivity index (χ1n) is 6.02. The highest BCUT2D eigenvalue weighted by molar-refractivity contribution is 5.34. The molecule has 20 heavy (non-hydrogen) atoms.